The van der Waals surface area contributed by atoms with E-state index in [0.29, 0.717) is 0 Å². The monoisotopic (exact) mass is 248 g/mol. The highest BCUT2D eigenvalue weighted by Gasteiger charge is 2.42. The van der Waals surface area contributed by atoms with Crippen LogP contribution >= 0.6 is 11.6 Å². The topological polar surface area (TPSA) is 66.9 Å². The maximum Gasteiger partial charge on any atom is 0.418 e. The van der Waals surface area contributed by atoms with Crippen molar-refractivity contribution in [2.45, 2.75) is 32.9 Å². The molecule has 7 heteroatoms. The normalized spacial score (nSPS) is 20.6. The first-order chi connectivity index (χ1) is 7.34. The second-order valence-corrected chi connectivity index (χ2v) is 4.12. The van der Waals surface area contributed by atoms with E-state index < -0.39 is 23.5 Å². The van der Waals surface area contributed by atoms with E-state index in [-0.39, 0.29) is 12.6 Å². The summed E-state index contributed by atoms with van der Waals surface area (Å²) in [5, 5.41) is -0.892. The standard InChI is InChI=1S/C9H13ClN2O4/c1-5(2)16-9(15)12-6(3)4-11(7(10)13)8(12)14/h5-6H,4H2,1-3H3. The smallest absolute Gasteiger partial charge is 0.418 e. The lowest BCUT2D eigenvalue weighted by atomic mass is 10.3. The van der Waals surface area contributed by atoms with Gasteiger partial charge < -0.3 is 4.74 Å². The molecular formula is C9H13ClN2O4. The molecular weight excluding hydrogens is 236 g/mol. The fourth-order valence-electron chi connectivity index (χ4n) is 1.41. The van der Waals surface area contributed by atoms with Crippen LogP contribution in [0.25, 0.3) is 0 Å². The number of nitrogens with zero attached hydrogens (tertiary/aromatic N) is 2. The molecule has 1 saturated heterocycles. The molecule has 0 spiro atoms. The van der Waals surface area contributed by atoms with Gasteiger partial charge in [-0.15, -0.1) is 0 Å². The van der Waals surface area contributed by atoms with Crippen LogP contribution in [0.5, 0.6) is 0 Å². The summed E-state index contributed by atoms with van der Waals surface area (Å²) < 4.78 is 4.89. The predicted octanol–water partition coefficient (Wildman–Crippen LogP) is 2.02. The Labute approximate surface area is 98.1 Å². The fourth-order valence-corrected chi connectivity index (χ4v) is 1.55. The van der Waals surface area contributed by atoms with Crippen LogP contribution in [-0.2, 0) is 4.74 Å². The van der Waals surface area contributed by atoms with Gasteiger partial charge >= 0.3 is 17.5 Å². The number of halogens is 1. The molecule has 16 heavy (non-hydrogen) atoms. The second-order valence-electron chi connectivity index (χ2n) is 3.80. The summed E-state index contributed by atoms with van der Waals surface area (Å²) in [6, 6.07) is -1.17. The quantitative estimate of drug-likeness (QED) is 0.526. The molecule has 1 aliphatic heterocycles. The summed E-state index contributed by atoms with van der Waals surface area (Å²) in [7, 11) is 0. The minimum Gasteiger partial charge on any atom is -0.446 e. The third kappa shape index (κ3) is 2.44. The van der Waals surface area contributed by atoms with Crippen LogP contribution in [0.4, 0.5) is 14.4 Å². The van der Waals surface area contributed by atoms with Crippen LogP contribution in [0.2, 0.25) is 0 Å². The van der Waals surface area contributed by atoms with Gasteiger partial charge in [-0.3, -0.25) is 4.79 Å². The Morgan fingerprint density at radius 3 is 2.44 bits per heavy atom. The zero-order valence-corrected chi connectivity index (χ0v) is 10.0. The molecule has 6 nitrogen and oxygen atoms in total. The van der Waals surface area contributed by atoms with E-state index in [1.807, 2.05) is 0 Å². The minimum absolute atomic E-state index is 0.0916. The second kappa shape index (κ2) is 4.69. The van der Waals surface area contributed by atoms with E-state index in [1.165, 1.54) is 0 Å². The van der Waals surface area contributed by atoms with Gasteiger partial charge in [-0.1, -0.05) is 0 Å². The van der Waals surface area contributed by atoms with Crippen LogP contribution in [0, 0.1) is 0 Å². The zero-order valence-electron chi connectivity index (χ0n) is 9.27. The lowest BCUT2D eigenvalue weighted by Crippen LogP contribution is -2.40. The van der Waals surface area contributed by atoms with Gasteiger partial charge in [0.2, 0.25) is 0 Å². The fraction of sp³-hybridized carbons (Fsp3) is 0.667. The van der Waals surface area contributed by atoms with Gasteiger partial charge in [-0.25, -0.2) is 19.4 Å². The van der Waals surface area contributed by atoms with Crippen LogP contribution < -0.4 is 0 Å². The number of hydrogen-bond donors (Lipinski definition) is 0. The van der Waals surface area contributed by atoms with Gasteiger partial charge in [0, 0.05) is 0 Å². The average molecular weight is 249 g/mol. The lowest BCUT2D eigenvalue weighted by molar-refractivity contribution is 0.0831. The number of urea groups is 1. The Bertz CT molecular complexity index is 331. The predicted molar refractivity (Wildman–Crippen MR) is 56.3 cm³/mol. The summed E-state index contributed by atoms with van der Waals surface area (Å²) in [5.74, 6) is 0. The minimum atomic E-state index is -0.892. The van der Waals surface area contributed by atoms with Crippen LogP contribution in [0.15, 0.2) is 0 Å². The molecule has 0 saturated carbocycles. The first-order valence-electron chi connectivity index (χ1n) is 4.85. The Hall–Kier alpha value is -1.30. The summed E-state index contributed by atoms with van der Waals surface area (Å²) >= 11 is 5.21. The van der Waals surface area contributed by atoms with Crippen LogP contribution in [-0.4, -0.2) is 46.0 Å². The molecule has 0 aliphatic carbocycles. The Balaban J connectivity index is 2.78. The molecule has 1 atom stereocenters. The van der Waals surface area contributed by atoms with Crippen molar-refractivity contribution in [1.82, 2.24) is 9.80 Å². The van der Waals surface area contributed by atoms with E-state index in [1.54, 1.807) is 20.8 Å². The Morgan fingerprint density at radius 2 is 2.06 bits per heavy atom. The van der Waals surface area contributed by atoms with E-state index in [0.717, 1.165) is 9.80 Å². The van der Waals surface area contributed by atoms with Crippen LogP contribution in [0.3, 0.4) is 0 Å². The van der Waals surface area contributed by atoms with Crippen molar-refractivity contribution in [2.24, 2.45) is 0 Å². The number of carbonyl (C=O) groups is 3. The van der Waals surface area contributed by atoms with Gasteiger partial charge in [0.05, 0.1) is 18.7 Å². The van der Waals surface area contributed by atoms with Crippen molar-refractivity contribution < 1.29 is 19.1 Å². The van der Waals surface area contributed by atoms with Crippen molar-refractivity contribution in [1.29, 1.82) is 0 Å². The van der Waals surface area contributed by atoms with Gasteiger partial charge in [0.15, 0.2) is 0 Å². The van der Waals surface area contributed by atoms with E-state index in [2.05, 4.69) is 0 Å². The molecule has 1 unspecified atom stereocenters. The molecule has 1 aliphatic rings. The Morgan fingerprint density at radius 1 is 1.50 bits per heavy atom. The number of amides is 4. The van der Waals surface area contributed by atoms with E-state index >= 15 is 0 Å². The lowest BCUT2D eigenvalue weighted by Gasteiger charge is -2.19. The molecule has 0 N–H and O–H groups in total. The SMILES string of the molecule is CC(C)OC(=O)N1C(=O)N(C(=O)Cl)CC1C. The van der Waals surface area contributed by atoms with Gasteiger partial charge in [-0.2, -0.15) is 0 Å². The van der Waals surface area contributed by atoms with Crippen molar-refractivity contribution in [2.75, 3.05) is 6.54 Å². The molecule has 4 amide bonds. The van der Waals surface area contributed by atoms with E-state index in [9.17, 15) is 14.4 Å². The van der Waals surface area contributed by atoms with Crippen LogP contribution in [0.1, 0.15) is 20.8 Å². The van der Waals surface area contributed by atoms with Gasteiger partial charge in [0.25, 0.3) is 0 Å². The molecule has 0 aromatic heterocycles. The summed E-state index contributed by atoms with van der Waals surface area (Å²) in [5.41, 5.74) is 0. The summed E-state index contributed by atoms with van der Waals surface area (Å²) in [4.78, 5) is 35.7. The molecule has 1 fully saturated rings. The molecule has 0 bridgehead atoms. The number of carbonyl (C=O) groups excluding carboxylic acids is 3. The summed E-state index contributed by atoms with van der Waals surface area (Å²) in [6.45, 7) is 5.08. The van der Waals surface area contributed by atoms with E-state index in [4.69, 9.17) is 16.3 Å². The van der Waals surface area contributed by atoms with Crippen molar-refractivity contribution >= 4 is 29.1 Å². The maximum absolute atomic E-state index is 11.6. The average Bonchev–Trinajstić information content (AvgIpc) is 2.40. The number of hydrogen-bond acceptors (Lipinski definition) is 4. The van der Waals surface area contributed by atoms with Gasteiger partial charge in [0.1, 0.15) is 0 Å². The maximum atomic E-state index is 11.6. The Kier molecular flexibility index (Phi) is 3.74. The molecule has 1 rings (SSSR count). The van der Waals surface area contributed by atoms with Crippen molar-refractivity contribution in [3.8, 4) is 0 Å². The largest absolute Gasteiger partial charge is 0.446 e. The number of rotatable bonds is 1. The highest BCUT2D eigenvalue weighted by Crippen LogP contribution is 2.19. The van der Waals surface area contributed by atoms with Crippen molar-refractivity contribution in [3.63, 3.8) is 0 Å². The first-order valence-corrected chi connectivity index (χ1v) is 5.23. The summed E-state index contributed by atoms with van der Waals surface area (Å²) in [6.07, 6.45) is -1.08. The molecule has 0 aromatic rings. The zero-order chi connectivity index (χ0) is 12.5. The molecule has 0 aromatic carbocycles. The highest BCUT2D eigenvalue weighted by atomic mass is 35.5. The first kappa shape index (κ1) is 12.8. The number of imide groups is 2. The molecule has 1 heterocycles. The third-order valence-corrected chi connectivity index (χ3v) is 2.27. The number of ether oxygens (including phenoxy) is 1. The van der Waals surface area contributed by atoms with Crippen molar-refractivity contribution in [3.05, 3.63) is 0 Å². The highest BCUT2D eigenvalue weighted by molar-refractivity contribution is 6.64. The van der Waals surface area contributed by atoms with Gasteiger partial charge in [-0.05, 0) is 32.4 Å². The molecule has 0 radical (unpaired) electrons. The molecule has 90 valence electrons. The third-order valence-electron chi connectivity index (χ3n) is 2.07.